The number of carbonyl (C=O) groups is 2. The van der Waals surface area contributed by atoms with Crippen LogP contribution in [-0.2, 0) is 4.79 Å². The van der Waals surface area contributed by atoms with Gasteiger partial charge in [0.15, 0.2) is 0 Å². The van der Waals surface area contributed by atoms with E-state index >= 15 is 0 Å². The zero-order valence-electron chi connectivity index (χ0n) is 16.0. The highest BCUT2D eigenvalue weighted by Gasteiger charge is 2.09. The molecule has 3 aromatic rings. The number of rotatable bonds is 5. The molecule has 0 spiro atoms. The van der Waals surface area contributed by atoms with E-state index in [1.807, 2.05) is 19.9 Å². The van der Waals surface area contributed by atoms with Crippen molar-refractivity contribution < 1.29 is 9.59 Å². The Kier molecular flexibility index (Phi) is 5.69. The van der Waals surface area contributed by atoms with Gasteiger partial charge < -0.3 is 16.0 Å². The molecule has 3 rings (SSSR count). The number of nitrogens with zero attached hydrogens (tertiary/aromatic N) is 1. The molecule has 0 unspecified atom stereocenters. The molecule has 2 aromatic carbocycles. The predicted octanol–water partition coefficient (Wildman–Crippen LogP) is 4.65. The Balaban J connectivity index is 1.71. The number of nitrogens with one attached hydrogen (secondary N) is 3. The first-order valence-electron chi connectivity index (χ1n) is 8.89. The van der Waals surface area contributed by atoms with Crippen LogP contribution in [0.2, 0.25) is 0 Å². The van der Waals surface area contributed by atoms with E-state index in [0.29, 0.717) is 16.9 Å². The average Bonchev–Trinajstić information content (AvgIpc) is 2.66. The monoisotopic (exact) mass is 374 g/mol. The van der Waals surface area contributed by atoms with Gasteiger partial charge in [-0.3, -0.25) is 14.6 Å². The van der Waals surface area contributed by atoms with Crippen LogP contribution in [0.5, 0.6) is 0 Å². The van der Waals surface area contributed by atoms with E-state index in [-0.39, 0.29) is 11.8 Å². The lowest BCUT2D eigenvalue weighted by Crippen LogP contribution is -2.13. The molecule has 28 heavy (non-hydrogen) atoms. The molecule has 6 heteroatoms. The van der Waals surface area contributed by atoms with Crippen LogP contribution in [0, 0.1) is 13.8 Å². The van der Waals surface area contributed by atoms with Crippen molar-refractivity contribution in [1.82, 2.24) is 4.98 Å². The van der Waals surface area contributed by atoms with Gasteiger partial charge in [0.25, 0.3) is 5.91 Å². The van der Waals surface area contributed by atoms with E-state index < -0.39 is 0 Å². The highest BCUT2D eigenvalue weighted by Crippen LogP contribution is 2.22. The third kappa shape index (κ3) is 4.94. The quantitative estimate of drug-likeness (QED) is 0.607. The van der Waals surface area contributed by atoms with Gasteiger partial charge in [0.2, 0.25) is 5.91 Å². The van der Waals surface area contributed by atoms with Crippen molar-refractivity contribution in [2.45, 2.75) is 20.8 Å². The minimum atomic E-state index is -0.260. The normalized spacial score (nSPS) is 10.2. The molecule has 1 heterocycles. The Morgan fingerprint density at radius 2 is 1.50 bits per heavy atom. The third-order valence-corrected chi connectivity index (χ3v) is 4.14. The number of pyridine rings is 1. The summed E-state index contributed by atoms with van der Waals surface area (Å²) in [5.41, 5.74) is 5.73. The fourth-order valence-electron chi connectivity index (χ4n) is 2.70. The summed E-state index contributed by atoms with van der Waals surface area (Å²) < 4.78 is 0. The summed E-state index contributed by atoms with van der Waals surface area (Å²) >= 11 is 0. The maximum absolute atomic E-state index is 12.6. The molecular formula is C22H22N4O2. The molecule has 1 aromatic heterocycles. The van der Waals surface area contributed by atoms with Crippen LogP contribution in [0.3, 0.4) is 0 Å². The summed E-state index contributed by atoms with van der Waals surface area (Å²) in [6.07, 6.45) is 3.20. The van der Waals surface area contributed by atoms with Gasteiger partial charge in [0.05, 0.1) is 17.4 Å². The highest BCUT2D eigenvalue weighted by molar-refractivity contribution is 6.04. The molecular weight excluding hydrogens is 352 g/mol. The van der Waals surface area contributed by atoms with Gasteiger partial charge in [-0.1, -0.05) is 12.1 Å². The third-order valence-electron chi connectivity index (χ3n) is 4.14. The molecule has 0 fully saturated rings. The molecule has 0 aliphatic carbocycles. The van der Waals surface area contributed by atoms with Crippen LogP contribution in [0.1, 0.15) is 28.4 Å². The molecule has 0 atom stereocenters. The molecule has 0 saturated carbocycles. The van der Waals surface area contributed by atoms with Crippen molar-refractivity contribution in [2.75, 3.05) is 16.0 Å². The lowest BCUT2D eigenvalue weighted by molar-refractivity contribution is -0.114. The van der Waals surface area contributed by atoms with Crippen LogP contribution < -0.4 is 16.0 Å². The fourth-order valence-corrected chi connectivity index (χ4v) is 2.70. The van der Waals surface area contributed by atoms with E-state index in [4.69, 9.17) is 0 Å². The summed E-state index contributed by atoms with van der Waals surface area (Å²) in [6.45, 7) is 5.50. The van der Waals surface area contributed by atoms with Gasteiger partial charge in [-0.25, -0.2) is 0 Å². The largest absolute Gasteiger partial charge is 0.354 e. The Hall–Kier alpha value is -3.67. The Bertz CT molecular complexity index is 1010. The zero-order chi connectivity index (χ0) is 20.1. The van der Waals surface area contributed by atoms with E-state index in [2.05, 4.69) is 33.1 Å². The second kappa shape index (κ2) is 8.35. The molecule has 0 saturated heterocycles. The molecule has 6 nitrogen and oxygen atoms in total. The Labute approximate surface area is 164 Å². The standard InChI is InChI=1S/C22H22N4O2/c1-14-4-5-15(2)21(10-14)25-20-11-17(12-23-13-20)22(28)26-19-8-6-18(7-9-19)24-16(3)27/h4-13,25H,1-3H3,(H,24,27)(H,26,28). The highest BCUT2D eigenvalue weighted by atomic mass is 16.2. The Morgan fingerprint density at radius 3 is 2.18 bits per heavy atom. The number of hydrogen-bond acceptors (Lipinski definition) is 4. The van der Waals surface area contributed by atoms with Crippen molar-refractivity contribution in [3.05, 3.63) is 77.6 Å². The maximum atomic E-state index is 12.6. The number of carbonyl (C=O) groups excluding carboxylic acids is 2. The van der Waals surface area contributed by atoms with Crippen LogP contribution >= 0.6 is 0 Å². The first-order chi connectivity index (χ1) is 13.4. The Morgan fingerprint density at radius 1 is 0.821 bits per heavy atom. The van der Waals surface area contributed by atoms with E-state index in [9.17, 15) is 9.59 Å². The molecule has 142 valence electrons. The van der Waals surface area contributed by atoms with E-state index in [1.165, 1.54) is 13.1 Å². The summed E-state index contributed by atoms with van der Waals surface area (Å²) in [6, 6.07) is 14.8. The molecule has 0 aliphatic heterocycles. The van der Waals surface area contributed by atoms with Crippen LogP contribution in [0.15, 0.2) is 60.9 Å². The summed E-state index contributed by atoms with van der Waals surface area (Å²) in [4.78, 5) is 27.8. The van der Waals surface area contributed by atoms with Gasteiger partial charge in [0, 0.05) is 30.2 Å². The van der Waals surface area contributed by atoms with Gasteiger partial charge in [0.1, 0.15) is 0 Å². The second-order valence-corrected chi connectivity index (χ2v) is 6.62. The summed E-state index contributed by atoms with van der Waals surface area (Å²) in [7, 11) is 0. The van der Waals surface area contributed by atoms with Crippen LogP contribution in [0.25, 0.3) is 0 Å². The van der Waals surface area contributed by atoms with Gasteiger partial charge in [-0.15, -0.1) is 0 Å². The van der Waals surface area contributed by atoms with Gasteiger partial charge >= 0.3 is 0 Å². The van der Waals surface area contributed by atoms with Crippen molar-refractivity contribution in [3.8, 4) is 0 Å². The van der Waals surface area contributed by atoms with Crippen LogP contribution in [-0.4, -0.2) is 16.8 Å². The van der Waals surface area contributed by atoms with Crippen molar-refractivity contribution >= 4 is 34.6 Å². The number of aryl methyl sites for hydroxylation is 2. The minimum absolute atomic E-state index is 0.143. The topological polar surface area (TPSA) is 83.1 Å². The predicted molar refractivity (Wildman–Crippen MR) is 112 cm³/mol. The smallest absolute Gasteiger partial charge is 0.257 e. The number of benzene rings is 2. The second-order valence-electron chi connectivity index (χ2n) is 6.62. The first kappa shape index (κ1) is 19.1. The van der Waals surface area contributed by atoms with Crippen molar-refractivity contribution in [3.63, 3.8) is 0 Å². The SMILES string of the molecule is CC(=O)Nc1ccc(NC(=O)c2cncc(Nc3cc(C)ccc3C)c2)cc1. The van der Waals surface area contributed by atoms with Crippen molar-refractivity contribution in [2.24, 2.45) is 0 Å². The molecule has 0 aliphatic rings. The zero-order valence-corrected chi connectivity index (χ0v) is 16.0. The van der Waals surface area contributed by atoms with E-state index in [0.717, 1.165) is 22.5 Å². The summed E-state index contributed by atoms with van der Waals surface area (Å²) in [5, 5.41) is 8.83. The lowest BCUT2D eigenvalue weighted by atomic mass is 10.1. The van der Waals surface area contributed by atoms with Crippen molar-refractivity contribution in [1.29, 1.82) is 0 Å². The van der Waals surface area contributed by atoms with Crippen LogP contribution in [0.4, 0.5) is 22.7 Å². The van der Waals surface area contributed by atoms with Gasteiger partial charge in [-0.2, -0.15) is 0 Å². The number of anilines is 4. The minimum Gasteiger partial charge on any atom is -0.354 e. The molecule has 0 bridgehead atoms. The summed E-state index contributed by atoms with van der Waals surface area (Å²) in [5.74, 6) is -0.402. The molecule has 3 N–H and O–H groups in total. The first-order valence-corrected chi connectivity index (χ1v) is 8.89. The average molecular weight is 374 g/mol. The maximum Gasteiger partial charge on any atom is 0.257 e. The van der Waals surface area contributed by atoms with E-state index in [1.54, 1.807) is 36.5 Å². The molecule has 2 amide bonds. The lowest BCUT2D eigenvalue weighted by Gasteiger charge is -2.12. The van der Waals surface area contributed by atoms with Gasteiger partial charge in [-0.05, 0) is 61.4 Å². The number of amides is 2. The fraction of sp³-hybridized carbons (Fsp3) is 0.136. The molecule has 0 radical (unpaired) electrons. The number of hydrogen-bond donors (Lipinski definition) is 3. The number of aromatic nitrogens is 1.